The van der Waals surface area contributed by atoms with Crippen LogP contribution in [0.1, 0.15) is 0 Å². The standard InChI is InChI=1S/C17H13FO7S/c1-23-14(19)12-10-7-11(26-9-5-3-8(18)4-6-9)17(22,16(21)25-10)13(12)15(20)24-2/h3-7,10,22H,1-2H3/t10-,17-/m0/s1. The zero-order valence-electron chi connectivity index (χ0n) is 13.6. The van der Waals surface area contributed by atoms with Gasteiger partial charge in [0.25, 0.3) is 0 Å². The lowest BCUT2D eigenvalue weighted by Crippen LogP contribution is -2.56. The molecule has 0 saturated heterocycles. The van der Waals surface area contributed by atoms with Crippen molar-refractivity contribution in [3.8, 4) is 0 Å². The van der Waals surface area contributed by atoms with Gasteiger partial charge in [0.2, 0.25) is 5.60 Å². The molecule has 4 rings (SSSR count). The monoisotopic (exact) mass is 380 g/mol. The quantitative estimate of drug-likeness (QED) is 0.613. The number of aliphatic hydroxyl groups is 1. The highest BCUT2D eigenvalue weighted by Gasteiger charge is 2.60. The number of thioether (sulfide) groups is 1. The van der Waals surface area contributed by atoms with Crippen molar-refractivity contribution < 1.29 is 38.1 Å². The minimum atomic E-state index is -2.52. The highest BCUT2D eigenvalue weighted by molar-refractivity contribution is 8.03. The fourth-order valence-corrected chi connectivity index (χ4v) is 3.77. The summed E-state index contributed by atoms with van der Waals surface area (Å²) in [6.07, 6.45) is 0.134. The van der Waals surface area contributed by atoms with E-state index in [9.17, 15) is 23.9 Å². The van der Waals surface area contributed by atoms with Crippen molar-refractivity contribution in [3.05, 3.63) is 52.2 Å². The van der Waals surface area contributed by atoms with E-state index in [0.29, 0.717) is 4.90 Å². The molecule has 2 bridgehead atoms. The van der Waals surface area contributed by atoms with E-state index < -0.39 is 41.0 Å². The molecule has 1 N–H and O–H groups in total. The van der Waals surface area contributed by atoms with Crippen LogP contribution >= 0.6 is 11.8 Å². The van der Waals surface area contributed by atoms with E-state index in [4.69, 9.17) is 4.74 Å². The maximum atomic E-state index is 13.1. The number of hydrogen-bond donors (Lipinski definition) is 1. The fourth-order valence-electron chi connectivity index (χ4n) is 2.72. The van der Waals surface area contributed by atoms with Crippen LogP contribution in [0.2, 0.25) is 0 Å². The first-order valence-corrected chi connectivity index (χ1v) is 8.15. The van der Waals surface area contributed by atoms with Crippen molar-refractivity contribution in [2.45, 2.75) is 16.6 Å². The van der Waals surface area contributed by atoms with Crippen molar-refractivity contribution in [3.63, 3.8) is 0 Å². The van der Waals surface area contributed by atoms with E-state index >= 15 is 0 Å². The van der Waals surface area contributed by atoms with E-state index in [0.717, 1.165) is 26.0 Å². The average Bonchev–Trinajstić information content (AvgIpc) is 2.63. The molecule has 2 heterocycles. The van der Waals surface area contributed by atoms with Gasteiger partial charge in [-0.05, 0) is 30.3 Å². The first kappa shape index (κ1) is 18.2. The van der Waals surface area contributed by atoms with Crippen LogP contribution in [0.15, 0.2) is 51.3 Å². The number of fused-ring (bicyclic) bond motifs is 1. The Morgan fingerprint density at radius 3 is 2.38 bits per heavy atom. The molecule has 2 aliphatic heterocycles. The highest BCUT2D eigenvalue weighted by Crippen LogP contribution is 2.48. The van der Waals surface area contributed by atoms with Crippen LogP contribution in [0, 0.1) is 5.82 Å². The molecule has 136 valence electrons. The number of methoxy groups -OCH3 is 2. The summed E-state index contributed by atoms with van der Waals surface area (Å²) in [4.78, 5) is 37.2. The third-order valence-corrected chi connectivity index (χ3v) is 5.10. The molecule has 0 fully saturated rings. The van der Waals surface area contributed by atoms with Crippen molar-refractivity contribution >= 4 is 29.7 Å². The SMILES string of the molecule is COC(=O)C1=C(C(=O)OC)[C@]2(O)C(=O)O[C@H]1C=C2Sc1ccc(F)cc1. The van der Waals surface area contributed by atoms with Gasteiger partial charge in [0.05, 0.1) is 25.4 Å². The molecule has 2 atom stereocenters. The topological polar surface area (TPSA) is 99.1 Å². The summed E-state index contributed by atoms with van der Waals surface area (Å²) in [6, 6.07) is 5.31. The predicted octanol–water partition coefficient (Wildman–Crippen LogP) is 1.11. The number of hydrogen-bond acceptors (Lipinski definition) is 8. The summed E-state index contributed by atoms with van der Waals surface area (Å²) in [5.74, 6) is -3.54. The molecule has 0 spiro atoms. The van der Waals surface area contributed by atoms with Crippen molar-refractivity contribution in [1.82, 2.24) is 0 Å². The van der Waals surface area contributed by atoms with Crippen molar-refractivity contribution in [2.75, 3.05) is 14.2 Å². The van der Waals surface area contributed by atoms with Crippen LogP contribution in [0.4, 0.5) is 4.39 Å². The fraction of sp³-hybridized carbons (Fsp3) is 0.235. The summed E-state index contributed by atoms with van der Waals surface area (Å²) >= 11 is 0.941. The van der Waals surface area contributed by atoms with Gasteiger partial charge < -0.3 is 19.3 Å². The zero-order chi connectivity index (χ0) is 19.1. The molecule has 1 aromatic carbocycles. The number of carbonyl (C=O) groups excluding carboxylic acids is 3. The summed E-state index contributed by atoms with van der Waals surface area (Å²) in [6.45, 7) is 0. The summed E-state index contributed by atoms with van der Waals surface area (Å²) in [7, 11) is 2.15. The van der Waals surface area contributed by atoms with Gasteiger partial charge in [-0.3, -0.25) is 0 Å². The second-order valence-corrected chi connectivity index (χ2v) is 6.51. The molecule has 1 aliphatic carbocycles. The van der Waals surface area contributed by atoms with Crippen LogP contribution in [0.3, 0.4) is 0 Å². The number of ether oxygens (including phenoxy) is 3. The van der Waals surface area contributed by atoms with Gasteiger partial charge in [0.1, 0.15) is 5.82 Å². The van der Waals surface area contributed by atoms with Crippen molar-refractivity contribution in [1.29, 1.82) is 0 Å². The Morgan fingerprint density at radius 1 is 1.19 bits per heavy atom. The third-order valence-electron chi connectivity index (χ3n) is 3.94. The minimum absolute atomic E-state index is 0.0541. The van der Waals surface area contributed by atoms with Crippen LogP contribution in [-0.2, 0) is 28.6 Å². The Labute approximate surface area is 151 Å². The largest absolute Gasteiger partial charge is 0.466 e. The number of esters is 3. The maximum absolute atomic E-state index is 13.1. The second-order valence-electron chi connectivity index (χ2n) is 5.40. The molecule has 26 heavy (non-hydrogen) atoms. The molecule has 7 nitrogen and oxygen atoms in total. The molecule has 9 heteroatoms. The first-order valence-electron chi connectivity index (χ1n) is 7.33. The van der Waals surface area contributed by atoms with Gasteiger partial charge in [-0.2, -0.15) is 0 Å². The average molecular weight is 380 g/mol. The maximum Gasteiger partial charge on any atom is 0.349 e. The highest BCUT2D eigenvalue weighted by atomic mass is 32.2. The van der Waals surface area contributed by atoms with Gasteiger partial charge in [-0.1, -0.05) is 11.8 Å². The van der Waals surface area contributed by atoms with Gasteiger partial charge >= 0.3 is 17.9 Å². The van der Waals surface area contributed by atoms with Gasteiger partial charge in [0.15, 0.2) is 6.10 Å². The third kappa shape index (κ3) is 2.69. The molecule has 0 radical (unpaired) electrons. The number of benzene rings is 1. The molecule has 3 aliphatic rings. The lowest BCUT2D eigenvalue weighted by Gasteiger charge is -2.41. The van der Waals surface area contributed by atoms with Gasteiger partial charge in [0, 0.05) is 9.80 Å². The lowest BCUT2D eigenvalue weighted by molar-refractivity contribution is -0.169. The summed E-state index contributed by atoms with van der Waals surface area (Å²) in [5.41, 5.74) is -3.37. The van der Waals surface area contributed by atoms with Crippen LogP contribution in [0.5, 0.6) is 0 Å². The van der Waals surface area contributed by atoms with Crippen LogP contribution < -0.4 is 0 Å². The number of halogens is 1. The Hall–Kier alpha value is -2.65. The van der Waals surface area contributed by atoms with E-state index in [2.05, 4.69) is 9.47 Å². The Morgan fingerprint density at radius 2 is 1.81 bits per heavy atom. The van der Waals surface area contributed by atoms with E-state index in [1.165, 1.54) is 30.3 Å². The molecule has 0 amide bonds. The van der Waals surface area contributed by atoms with E-state index in [1.54, 1.807) is 0 Å². The first-order chi connectivity index (χ1) is 12.3. The Balaban J connectivity index is 2.11. The Bertz CT molecular complexity index is 858. The molecular formula is C17H13FO7S. The Kier molecular flexibility index (Phi) is 4.59. The molecule has 0 unspecified atom stereocenters. The van der Waals surface area contributed by atoms with Gasteiger partial charge in [-0.25, -0.2) is 18.8 Å². The molecule has 0 aromatic heterocycles. The predicted molar refractivity (Wildman–Crippen MR) is 86.2 cm³/mol. The van der Waals surface area contributed by atoms with E-state index in [-0.39, 0.29) is 10.5 Å². The lowest BCUT2D eigenvalue weighted by atomic mass is 9.79. The molecule has 1 aromatic rings. The molecule has 0 saturated carbocycles. The summed E-state index contributed by atoms with van der Waals surface area (Å²) in [5, 5.41) is 11.0. The van der Waals surface area contributed by atoms with Gasteiger partial charge in [-0.15, -0.1) is 0 Å². The van der Waals surface area contributed by atoms with Crippen molar-refractivity contribution in [2.24, 2.45) is 0 Å². The number of rotatable bonds is 4. The smallest absolute Gasteiger partial charge is 0.349 e. The second kappa shape index (κ2) is 6.58. The van der Waals surface area contributed by atoms with Crippen LogP contribution in [-0.4, -0.2) is 48.9 Å². The number of carbonyl (C=O) groups is 3. The molecular weight excluding hydrogens is 367 g/mol. The van der Waals surface area contributed by atoms with Crippen LogP contribution in [0.25, 0.3) is 0 Å². The minimum Gasteiger partial charge on any atom is -0.466 e. The zero-order valence-corrected chi connectivity index (χ0v) is 14.5. The summed E-state index contributed by atoms with van der Waals surface area (Å²) < 4.78 is 27.4. The van der Waals surface area contributed by atoms with E-state index in [1.807, 2.05) is 0 Å². The normalized spacial score (nSPS) is 24.1.